The molecular formula is C19H25N3O2. The van der Waals surface area contributed by atoms with Gasteiger partial charge in [0.25, 0.3) is 5.91 Å². The molecule has 2 heterocycles. The first-order valence-corrected chi connectivity index (χ1v) is 8.46. The number of rotatable bonds is 4. The maximum absolute atomic E-state index is 12.7. The fourth-order valence-corrected chi connectivity index (χ4v) is 3.32. The largest absolute Gasteiger partial charge is 0.369 e. The van der Waals surface area contributed by atoms with E-state index in [0.29, 0.717) is 6.54 Å². The van der Waals surface area contributed by atoms with E-state index < -0.39 is 5.60 Å². The molecule has 2 aromatic rings. The highest BCUT2D eigenvalue weighted by Crippen LogP contribution is 2.33. The summed E-state index contributed by atoms with van der Waals surface area (Å²) in [6.45, 7) is 5.14. The number of hydrogen-bond donors (Lipinski definition) is 1. The second kappa shape index (κ2) is 6.77. The van der Waals surface area contributed by atoms with Crippen molar-refractivity contribution in [1.82, 2.24) is 15.1 Å². The number of aromatic amines is 1. The lowest BCUT2D eigenvalue weighted by Crippen LogP contribution is -2.49. The number of methoxy groups -OCH3 is 1. The van der Waals surface area contributed by atoms with Gasteiger partial charge in [-0.3, -0.25) is 9.89 Å². The van der Waals surface area contributed by atoms with Crippen LogP contribution in [0.5, 0.6) is 0 Å². The van der Waals surface area contributed by atoms with Crippen molar-refractivity contribution in [3.63, 3.8) is 0 Å². The minimum atomic E-state index is -0.780. The number of aromatic nitrogens is 2. The molecule has 0 aliphatic carbocycles. The summed E-state index contributed by atoms with van der Waals surface area (Å²) in [5, 5.41) is 7.42. The zero-order chi connectivity index (χ0) is 17.2. The smallest absolute Gasteiger partial charge is 0.254 e. The normalized spacial score (nSPS) is 18.6. The maximum atomic E-state index is 12.7. The first-order valence-electron chi connectivity index (χ1n) is 8.46. The summed E-state index contributed by atoms with van der Waals surface area (Å²) in [5.41, 5.74) is 2.62. The van der Waals surface area contributed by atoms with Crippen LogP contribution in [-0.2, 0) is 9.53 Å². The van der Waals surface area contributed by atoms with Crippen molar-refractivity contribution in [2.45, 2.75) is 38.2 Å². The molecule has 0 bridgehead atoms. The number of ether oxygens (including phenoxy) is 1. The molecule has 5 heteroatoms. The second-order valence-corrected chi connectivity index (χ2v) is 6.87. The van der Waals surface area contributed by atoms with Crippen LogP contribution in [0.4, 0.5) is 0 Å². The van der Waals surface area contributed by atoms with E-state index >= 15 is 0 Å². The summed E-state index contributed by atoms with van der Waals surface area (Å²) in [5.74, 6) is 0.323. The third kappa shape index (κ3) is 3.22. The highest BCUT2D eigenvalue weighted by atomic mass is 16.5. The summed E-state index contributed by atoms with van der Waals surface area (Å²) in [4.78, 5) is 14.6. The Labute approximate surface area is 143 Å². The average Bonchev–Trinajstić information content (AvgIpc) is 3.11. The number of nitrogens with zero attached hydrogens (tertiary/aromatic N) is 2. The molecule has 0 radical (unpaired) electrons. The molecule has 0 spiro atoms. The standard InChI is InChI=1S/C19H25N3O2/c1-19(2,24-3)18(23)22-11-7-10-15(13-22)17-16(12-20-21-17)14-8-5-4-6-9-14/h4-6,8-9,12,15H,7,10-11,13H2,1-3H3,(H,20,21). The highest BCUT2D eigenvalue weighted by Gasteiger charge is 2.35. The fraction of sp³-hybridized carbons (Fsp3) is 0.474. The van der Waals surface area contributed by atoms with E-state index in [2.05, 4.69) is 22.3 Å². The molecule has 5 nitrogen and oxygen atoms in total. The number of H-pyrrole nitrogens is 1. The Bertz CT molecular complexity index is 694. The van der Waals surface area contributed by atoms with Gasteiger partial charge in [0.05, 0.1) is 6.20 Å². The van der Waals surface area contributed by atoms with Crippen LogP contribution in [0.25, 0.3) is 11.1 Å². The molecule has 1 saturated heterocycles. The van der Waals surface area contributed by atoms with Crippen LogP contribution in [0.15, 0.2) is 36.5 Å². The lowest BCUT2D eigenvalue weighted by molar-refractivity contribution is -0.152. The number of carbonyl (C=O) groups excluding carboxylic acids is 1. The van der Waals surface area contributed by atoms with Crippen molar-refractivity contribution in [2.75, 3.05) is 20.2 Å². The fourth-order valence-electron chi connectivity index (χ4n) is 3.32. The van der Waals surface area contributed by atoms with Gasteiger partial charge in [0, 0.05) is 37.4 Å². The van der Waals surface area contributed by atoms with Gasteiger partial charge in [-0.15, -0.1) is 0 Å². The van der Waals surface area contributed by atoms with Crippen molar-refractivity contribution in [1.29, 1.82) is 0 Å². The molecule has 1 atom stereocenters. The molecule has 1 fully saturated rings. The van der Waals surface area contributed by atoms with E-state index in [4.69, 9.17) is 4.74 Å². The van der Waals surface area contributed by atoms with Crippen molar-refractivity contribution in [2.24, 2.45) is 0 Å². The number of hydrogen-bond acceptors (Lipinski definition) is 3. The molecular weight excluding hydrogens is 302 g/mol. The van der Waals surface area contributed by atoms with Gasteiger partial charge in [0.2, 0.25) is 0 Å². The quantitative estimate of drug-likeness (QED) is 0.938. The molecule has 128 valence electrons. The monoisotopic (exact) mass is 327 g/mol. The van der Waals surface area contributed by atoms with E-state index in [0.717, 1.165) is 36.2 Å². The average molecular weight is 327 g/mol. The summed E-state index contributed by atoms with van der Waals surface area (Å²) in [7, 11) is 1.59. The number of likely N-dealkylation sites (tertiary alicyclic amines) is 1. The zero-order valence-corrected chi connectivity index (χ0v) is 14.6. The van der Waals surface area contributed by atoms with Crippen molar-refractivity contribution in [3.05, 3.63) is 42.2 Å². The molecule has 1 amide bonds. The Morgan fingerprint density at radius 2 is 2.08 bits per heavy atom. The minimum Gasteiger partial charge on any atom is -0.369 e. The maximum Gasteiger partial charge on any atom is 0.254 e. The minimum absolute atomic E-state index is 0.0514. The van der Waals surface area contributed by atoms with Gasteiger partial charge in [-0.05, 0) is 32.3 Å². The Morgan fingerprint density at radius 3 is 2.79 bits per heavy atom. The Morgan fingerprint density at radius 1 is 1.33 bits per heavy atom. The number of carbonyl (C=O) groups is 1. The lowest BCUT2D eigenvalue weighted by Gasteiger charge is -2.37. The Balaban J connectivity index is 1.82. The number of benzene rings is 1. The van der Waals surface area contributed by atoms with E-state index in [-0.39, 0.29) is 11.8 Å². The van der Waals surface area contributed by atoms with Crippen LogP contribution in [0.2, 0.25) is 0 Å². The molecule has 1 aliphatic heterocycles. The Kier molecular flexibility index (Phi) is 4.71. The SMILES string of the molecule is COC(C)(C)C(=O)N1CCCC(c2[nH]ncc2-c2ccccc2)C1. The van der Waals surface area contributed by atoms with E-state index in [1.54, 1.807) is 7.11 Å². The van der Waals surface area contributed by atoms with Crippen molar-refractivity contribution in [3.8, 4) is 11.1 Å². The summed E-state index contributed by atoms with van der Waals surface area (Å²) in [6.07, 6.45) is 3.92. The molecule has 3 rings (SSSR count). The molecule has 1 aromatic heterocycles. The van der Waals surface area contributed by atoms with Crippen molar-refractivity contribution >= 4 is 5.91 Å². The second-order valence-electron chi connectivity index (χ2n) is 6.87. The van der Waals surface area contributed by atoms with Gasteiger partial charge in [0.15, 0.2) is 0 Å². The summed E-state index contributed by atoms with van der Waals surface area (Å²) in [6, 6.07) is 10.3. The van der Waals surface area contributed by atoms with Crippen LogP contribution in [-0.4, -0.2) is 46.8 Å². The first kappa shape index (κ1) is 16.7. The Hall–Kier alpha value is -2.14. The number of amides is 1. The first-order chi connectivity index (χ1) is 11.5. The van der Waals surface area contributed by atoms with E-state index in [1.807, 2.05) is 43.1 Å². The van der Waals surface area contributed by atoms with Crippen LogP contribution in [0.3, 0.4) is 0 Å². The predicted octanol–water partition coefficient (Wildman–Crippen LogP) is 3.21. The van der Waals surface area contributed by atoms with Crippen LogP contribution >= 0.6 is 0 Å². The van der Waals surface area contributed by atoms with Gasteiger partial charge in [-0.2, -0.15) is 5.10 Å². The van der Waals surface area contributed by atoms with E-state index in [1.165, 1.54) is 0 Å². The number of nitrogens with one attached hydrogen (secondary N) is 1. The van der Waals surface area contributed by atoms with Crippen LogP contribution in [0.1, 0.15) is 38.3 Å². The highest BCUT2D eigenvalue weighted by molar-refractivity contribution is 5.84. The van der Waals surface area contributed by atoms with Gasteiger partial charge < -0.3 is 9.64 Å². The third-order valence-corrected chi connectivity index (χ3v) is 4.90. The molecule has 1 aromatic carbocycles. The third-order valence-electron chi connectivity index (χ3n) is 4.90. The van der Waals surface area contributed by atoms with Gasteiger partial charge >= 0.3 is 0 Å². The lowest BCUT2D eigenvalue weighted by atomic mass is 9.90. The molecule has 1 unspecified atom stereocenters. The molecule has 1 aliphatic rings. The predicted molar refractivity (Wildman–Crippen MR) is 93.7 cm³/mol. The van der Waals surface area contributed by atoms with Gasteiger partial charge in [-0.1, -0.05) is 30.3 Å². The van der Waals surface area contributed by atoms with Gasteiger partial charge in [-0.25, -0.2) is 0 Å². The van der Waals surface area contributed by atoms with Crippen LogP contribution in [0, 0.1) is 0 Å². The molecule has 0 saturated carbocycles. The molecule has 24 heavy (non-hydrogen) atoms. The number of piperidine rings is 1. The zero-order valence-electron chi connectivity index (χ0n) is 14.6. The molecule has 1 N–H and O–H groups in total. The van der Waals surface area contributed by atoms with Gasteiger partial charge in [0.1, 0.15) is 5.60 Å². The van der Waals surface area contributed by atoms with Crippen LogP contribution < -0.4 is 0 Å². The van der Waals surface area contributed by atoms with E-state index in [9.17, 15) is 4.79 Å². The topological polar surface area (TPSA) is 58.2 Å². The van der Waals surface area contributed by atoms with Crippen molar-refractivity contribution < 1.29 is 9.53 Å². The summed E-state index contributed by atoms with van der Waals surface area (Å²) >= 11 is 0. The summed E-state index contributed by atoms with van der Waals surface area (Å²) < 4.78 is 5.36.